The van der Waals surface area contributed by atoms with E-state index < -0.39 is 27.9 Å². The smallest absolute Gasteiger partial charge is 0.327 e. The Labute approximate surface area is 125 Å². The highest BCUT2D eigenvalue weighted by Crippen LogP contribution is 2.30. The maximum absolute atomic E-state index is 11.8. The lowest BCUT2D eigenvalue weighted by atomic mass is 10.2. The van der Waals surface area contributed by atoms with Gasteiger partial charge in [0.15, 0.2) is 0 Å². The molecule has 1 aliphatic heterocycles. The molecule has 0 aliphatic carbocycles. The van der Waals surface area contributed by atoms with E-state index in [1.807, 2.05) is 0 Å². The zero-order valence-electron chi connectivity index (χ0n) is 10.9. The molecule has 0 aromatic heterocycles. The molecule has 1 atom stereocenters. The Balaban J connectivity index is 2.18. The fraction of sp³-hybridized carbons (Fsp3) is 0.250. The molecular formula is C12H12N2O5S2. The fourth-order valence-electron chi connectivity index (χ4n) is 1.76. The number of nitrogens with one attached hydrogen (secondary N) is 1. The van der Waals surface area contributed by atoms with E-state index in [0.29, 0.717) is 5.56 Å². The van der Waals surface area contributed by atoms with E-state index >= 15 is 0 Å². The van der Waals surface area contributed by atoms with Crippen LogP contribution < -0.4 is 5.32 Å². The summed E-state index contributed by atoms with van der Waals surface area (Å²) in [5.74, 6) is -1.67. The molecule has 9 heteroatoms. The highest BCUT2D eigenvalue weighted by molar-refractivity contribution is 8.15. The van der Waals surface area contributed by atoms with Crippen molar-refractivity contribution in [3.05, 3.63) is 29.8 Å². The minimum Gasteiger partial charge on any atom is -0.480 e. The molecule has 2 rings (SSSR count). The summed E-state index contributed by atoms with van der Waals surface area (Å²) in [5, 5.41) is 11.5. The number of benzene rings is 1. The fourth-order valence-corrected chi connectivity index (χ4v) is 4.32. The summed E-state index contributed by atoms with van der Waals surface area (Å²) < 4.78 is 27.3. The number of nitrogens with zero attached hydrogens (tertiary/aromatic N) is 1. The number of sulfonamides is 1. The molecule has 0 saturated carbocycles. The van der Waals surface area contributed by atoms with Crippen LogP contribution in [0.4, 0.5) is 0 Å². The average molecular weight is 328 g/mol. The van der Waals surface area contributed by atoms with Crippen molar-refractivity contribution in [1.29, 1.82) is 0 Å². The summed E-state index contributed by atoms with van der Waals surface area (Å²) in [5.41, 5.74) is 0.453. The van der Waals surface area contributed by atoms with Crippen LogP contribution in [-0.4, -0.2) is 42.2 Å². The van der Waals surface area contributed by atoms with Gasteiger partial charge in [0.2, 0.25) is 5.91 Å². The Morgan fingerprint density at radius 1 is 1.38 bits per heavy atom. The Hall–Kier alpha value is -1.87. The third-order valence-electron chi connectivity index (χ3n) is 2.66. The first-order chi connectivity index (χ1) is 9.81. The SMILES string of the molecule is CC(=O)N[C@@H](CSC1=NS(=O)(=O)c2ccccc21)C(=O)O. The van der Waals surface area contributed by atoms with Gasteiger partial charge in [0, 0.05) is 18.2 Å². The third kappa shape index (κ3) is 3.42. The van der Waals surface area contributed by atoms with Crippen LogP contribution in [0.1, 0.15) is 12.5 Å². The molecule has 2 N–H and O–H groups in total. The molecule has 0 saturated heterocycles. The molecule has 7 nitrogen and oxygen atoms in total. The van der Waals surface area contributed by atoms with Gasteiger partial charge in [-0.15, -0.1) is 11.8 Å². The highest BCUT2D eigenvalue weighted by atomic mass is 32.2. The molecule has 1 aliphatic rings. The van der Waals surface area contributed by atoms with Crippen LogP contribution in [-0.2, 0) is 19.6 Å². The maximum atomic E-state index is 11.8. The van der Waals surface area contributed by atoms with Crippen molar-refractivity contribution in [2.24, 2.45) is 4.40 Å². The normalized spacial score (nSPS) is 16.7. The molecule has 0 spiro atoms. The zero-order valence-corrected chi connectivity index (χ0v) is 12.6. The van der Waals surface area contributed by atoms with Crippen molar-refractivity contribution < 1.29 is 23.1 Å². The molecule has 1 aromatic rings. The first-order valence-electron chi connectivity index (χ1n) is 5.88. The quantitative estimate of drug-likeness (QED) is 0.830. The van der Waals surface area contributed by atoms with E-state index in [0.717, 1.165) is 11.8 Å². The molecule has 0 bridgehead atoms. The van der Waals surface area contributed by atoms with Gasteiger partial charge in [-0.1, -0.05) is 18.2 Å². The average Bonchev–Trinajstić information content (AvgIpc) is 2.66. The Morgan fingerprint density at radius 3 is 2.67 bits per heavy atom. The van der Waals surface area contributed by atoms with Gasteiger partial charge in [0.05, 0.1) is 4.90 Å². The molecule has 1 amide bonds. The van der Waals surface area contributed by atoms with Crippen LogP contribution in [0, 0.1) is 0 Å². The summed E-state index contributed by atoms with van der Waals surface area (Å²) >= 11 is 0.983. The van der Waals surface area contributed by atoms with E-state index in [-0.39, 0.29) is 15.7 Å². The van der Waals surface area contributed by atoms with Crippen molar-refractivity contribution in [3.8, 4) is 0 Å². The van der Waals surface area contributed by atoms with Gasteiger partial charge < -0.3 is 10.4 Å². The van der Waals surface area contributed by atoms with Crippen LogP contribution >= 0.6 is 11.8 Å². The number of fused-ring (bicyclic) bond motifs is 1. The lowest BCUT2D eigenvalue weighted by molar-refractivity contribution is -0.140. The van der Waals surface area contributed by atoms with Crippen molar-refractivity contribution in [1.82, 2.24) is 5.32 Å². The highest BCUT2D eigenvalue weighted by Gasteiger charge is 2.30. The first-order valence-corrected chi connectivity index (χ1v) is 8.31. The second kappa shape index (κ2) is 5.86. The first kappa shape index (κ1) is 15.5. The van der Waals surface area contributed by atoms with Gasteiger partial charge in [0.1, 0.15) is 11.1 Å². The zero-order chi connectivity index (χ0) is 15.6. The van der Waals surface area contributed by atoms with Gasteiger partial charge in [0.25, 0.3) is 10.0 Å². The Morgan fingerprint density at radius 2 is 2.05 bits per heavy atom. The number of carboxylic acids is 1. The van der Waals surface area contributed by atoms with Gasteiger partial charge in [-0.2, -0.15) is 12.8 Å². The molecule has 112 valence electrons. The molecule has 0 unspecified atom stereocenters. The minimum absolute atomic E-state index is 0.0163. The Bertz CT molecular complexity index is 727. The maximum Gasteiger partial charge on any atom is 0.327 e. The molecular weight excluding hydrogens is 316 g/mol. The number of carbonyl (C=O) groups is 2. The summed E-state index contributed by atoms with van der Waals surface area (Å²) in [6.07, 6.45) is 0. The van der Waals surface area contributed by atoms with E-state index in [4.69, 9.17) is 5.11 Å². The van der Waals surface area contributed by atoms with Crippen LogP contribution in [0.5, 0.6) is 0 Å². The second-order valence-corrected chi connectivity index (χ2v) is 6.85. The predicted molar refractivity (Wildman–Crippen MR) is 77.9 cm³/mol. The summed E-state index contributed by atoms with van der Waals surface area (Å²) in [4.78, 5) is 22.1. The number of thioether (sulfide) groups is 1. The van der Waals surface area contributed by atoms with Crippen molar-refractivity contribution in [3.63, 3.8) is 0 Å². The molecule has 21 heavy (non-hydrogen) atoms. The van der Waals surface area contributed by atoms with Gasteiger partial charge >= 0.3 is 5.97 Å². The lowest BCUT2D eigenvalue weighted by Crippen LogP contribution is -2.41. The summed E-state index contributed by atoms with van der Waals surface area (Å²) in [7, 11) is -3.71. The number of hydrogen-bond donors (Lipinski definition) is 2. The minimum atomic E-state index is -3.71. The van der Waals surface area contributed by atoms with Crippen LogP contribution in [0.25, 0.3) is 0 Å². The summed E-state index contributed by atoms with van der Waals surface area (Å²) in [6.45, 7) is 1.22. The molecule has 1 aromatic carbocycles. The molecule has 0 fully saturated rings. The van der Waals surface area contributed by atoms with Gasteiger partial charge in [-0.05, 0) is 6.07 Å². The standard InChI is InChI=1S/C12H12N2O5S2/c1-7(15)13-9(12(16)17)6-20-11-8-4-2-3-5-10(8)21(18,19)14-11/h2-5,9H,6H2,1H3,(H,13,15)(H,16,17)/t9-/m0/s1. The number of aliphatic carboxylic acids is 1. The molecule has 0 radical (unpaired) electrons. The monoisotopic (exact) mass is 328 g/mol. The van der Waals surface area contributed by atoms with Gasteiger partial charge in [-0.3, -0.25) is 4.79 Å². The van der Waals surface area contributed by atoms with Crippen LogP contribution in [0.3, 0.4) is 0 Å². The van der Waals surface area contributed by atoms with Crippen molar-refractivity contribution in [2.45, 2.75) is 17.9 Å². The number of hydrogen-bond acceptors (Lipinski definition) is 5. The van der Waals surface area contributed by atoms with E-state index in [1.54, 1.807) is 18.2 Å². The number of amides is 1. The summed E-state index contributed by atoms with van der Waals surface area (Å²) in [6, 6.07) is 5.23. The number of rotatable bonds is 4. The van der Waals surface area contributed by atoms with E-state index in [1.165, 1.54) is 13.0 Å². The predicted octanol–water partition coefficient (Wildman–Crippen LogP) is 0.458. The van der Waals surface area contributed by atoms with E-state index in [2.05, 4.69) is 9.71 Å². The Kier molecular flexibility index (Phi) is 4.33. The van der Waals surface area contributed by atoms with Gasteiger partial charge in [-0.25, -0.2) is 4.79 Å². The van der Waals surface area contributed by atoms with Crippen molar-refractivity contribution in [2.75, 3.05) is 5.75 Å². The second-order valence-electron chi connectivity index (χ2n) is 4.27. The largest absolute Gasteiger partial charge is 0.480 e. The number of carboxylic acid groups (broad SMARTS) is 1. The topological polar surface area (TPSA) is 113 Å². The van der Waals surface area contributed by atoms with Crippen molar-refractivity contribution >= 4 is 38.7 Å². The lowest BCUT2D eigenvalue weighted by Gasteiger charge is -2.12. The van der Waals surface area contributed by atoms with Crippen LogP contribution in [0.15, 0.2) is 33.6 Å². The third-order valence-corrected chi connectivity index (χ3v) is 5.20. The number of carbonyl (C=O) groups excluding carboxylic acids is 1. The molecule has 1 heterocycles. The van der Waals surface area contributed by atoms with E-state index in [9.17, 15) is 18.0 Å². The van der Waals surface area contributed by atoms with Crippen LogP contribution in [0.2, 0.25) is 0 Å².